The van der Waals surface area contributed by atoms with E-state index in [9.17, 15) is 0 Å². The molecule has 0 radical (unpaired) electrons. The summed E-state index contributed by atoms with van der Waals surface area (Å²) in [6.07, 6.45) is 8.52. The molecular formula is C16H23NS. The lowest BCUT2D eigenvalue weighted by atomic mass is 10.0. The fourth-order valence-corrected chi connectivity index (χ4v) is 4.45. The molecule has 0 aromatic heterocycles. The Morgan fingerprint density at radius 1 is 1.06 bits per heavy atom. The van der Waals surface area contributed by atoms with Gasteiger partial charge in [0.25, 0.3) is 0 Å². The van der Waals surface area contributed by atoms with Gasteiger partial charge in [0, 0.05) is 29.2 Å². The molecule has 2 heteroatoms. The van der Waals surface area contributed by atoms with Crippen molar-refractivity contribution in [2.24, 2.45) is 0 Å². The van der Waals surface area contributed by atoms with E-state index < -0.39 is 0 Å². The van der Waals surface area contributed by atoms with Crippen molar-refractivity contribution < 1.29 is 0 Å². The zero-order valence-electron chi connectivity index (χ0n) is 11.0. The SMILES string of the molecule is c1ccc2c(c1)SCC2CNC1CCCCCC1. The van der Waals surface area contributed by atoms with Crippen LogP contribution in [-0.2, 0) is 0 Å². The number of hydrogen-bond acceptors (Lipinski definition) is 2. The number of fused-ring (bicyclic) bond motifs is 1. The molecule has 1 N–H and O–H groups in total. The fourth-order valence-electron chi connectivity index (χ4n) is 3.19. The molecule has 1 aliphatic carbocycles. The van der Waals surface area contributed by atoms with E-state index >= 15 is 0 Å². The van der Waals surface area contributed by atoms with Crippen molar-refractivity contribution in [3.8, 4) is 0 Å². The molecule has 18 heavy (non-hydrogen) atoms. The van der Waals surface area contributed by atoms with Crippen LogP contribution in [0.3, 0.4) is 0 Å². The highest BCUT2D eigenvalue weighted by molar-refractivity contribution is 7.99. The zero-order chi connectivity index (χ0) is 12.2. The molecule has 98 valence electrons. The number of benzene rings is 1. The largest absolute Gasteiger partial charge is 0.313 e. The molecule has 1 atom stereocenters. The van der Waals surface area contributed by atoms with Crippen molar-refractivity contribution in [2.45, 2.75) is 55.4 Å². The molecule has 1 aromatic rings. The normalized spacial score (nSPS) is 24.8. The number of rotatable bonds is 3. The summed E-state index contributed by atoms with van der Waals surface area (Å²) in [6, 6.07) is 9.71. The third kappa shape index (κ3) is 2.92. The van der Waals surface area contributed by atoms with Gasteiger partial charge in [-0.05, 0) is 24.5 Å². The minimum absolute atomic E-state index is 0.731. The second kappa shape index (κ2) is 6.12. The highest BCUT2D eigenvalue weighted by atomic mass is 32.2. The van der Waals surface area contributed by atoms with Gasteiger partial charge in [-0.1, -0.05) is 43.9 Å². The minimum atomic E-state index is 0.731. The van der Waals surface area contributed by atoms with Crippen LogP contribution in [0.1, 0.15) is 50.0 Å². The second-order valence-corrected chi connectivity index (χ2v) is 6.70. The molecular weight excluding hydrogens is 238 g/mol. The molecule has 0 saturated heterocycles. The number of nitrogens with one attached hydrogen (secondary N) is 1. The average molecular weight is 261 g/mol. The molecule has 0 spiro atoms. The van der Waals surface area contributed by atoms with Gasteiger partial charge in [-0.2, -0.15) is 0 Å². The average Bonchev–Trinajstić information content (AvgIpc) is 2.64. The van der Waals surface area contributed by atoms with E-state index in [2.05, 4.69) is 29.6 Å². The Kier molecular flexibility index (Phi) is 4.27. The molecule has 2 aliphatic rings. The lowest BCUT2D eigenvalue weighted by Crippen LogP contribution is -2.32. The predicted octanol–water partition coefficient (Wildman–Crippen LogP) is 4.19. The molecule has 1 aliphatic heterocycles. The van der Waals surface area contributed by atoms with Crippen LogP contribution in [0.2, 0.25) is 0 Å². The minimum Gasteiger partial charge on any atom is -0.313 e. The molecule has 1 nitrogen and oxygen atoms in total. The standard InChI is InChI=1S/C16H23NS/c1-2-4-8-14(7-3-1)17-11-13-12-18-16-10-6-5-9-15(13)16/h5-6,9-10,13-14,17H,1-4,7-8,11-12H2. The first-order chi connectivity index (χ1) is 8.93. The molecule has 1 fully saturated rings. The van der Waals surface area contributed by atoms with Crippen LogP contribution < -0.4 is 5.32 Å². The van der Waals surface area contributed by atoms with Gasteiger partial charge < -0.3 is 5.32 Å². The highest BCUT2D eigenvalue weighted by Crippen LogP contribution is 2.38. The van der Waals surface area contributed by atoms with E-state index in [0.29, 0.717) is 0 Å². The third-order valence-corrected chi connectivity index (χ3v) is 5.56. The first kappa shape index (κ1) is 12.6. The first-order valence-corrected chi connectivity index (χ1v) is 8.37. The van der Waals surface area contributed by atoms with Crippen LogP contribution in [0.25, 0.3) is 0 Å². The monoisotopic (exact) mass is 261 g/mol. The first-order valence-electron chi connectivity index (χ1n) is 7.38. The Bertz CT molecular complexity index is 382. The van der Waals surface area contributed by atoms with E-state index in [1.54, 1.807) is 5.56 Å². The lowest BCUT2D eigenvalue weighted by Gasteiger charge is -2.19. The Morgan fingerprint density at radius 3 is 2.67 bits per heavy atom. The maximum absolute atomic E-state index is 3.83. The van der Waals surface area contributed by atoms with E-state index in [4.69, 9.17) is 0 Å². The van der Waals surface area contributed by atoms with Gasteiger partial charge >= 0.3 is 0 Å². The lowest BCUT2D eigenvalue weighted by molar-refractivity contribution is 0.447. The van der Waals surface area contributed by atoms with Gasteiger partial charge in [-0.25, -0.2) is 0 Å². The molecule has 3 rings (SSSR count). The Labute approximate surface area is 115 Å². The Balaban J connectivity index is 1.55. The van der Waals surface area contributed by atoms with Crippen LogP contribution >= 0.6 is 11.8 Å². The molecule has 1 saturated carbocycles. The summed E-state index contributed by atoms with van der Waals surface area (Å²) < 4.78 is 0. The summed E-state index contributed by atoms with van der Waals surface area (Å²) in [7, 11) is 0. The summed E-state index contributed by atoms with van der Waals surface area (Å²) in [4.78, 5) is 1.50. The third-order valence-electron chi connectivity index (χ3n) is 4.31. The van der Waals surface area contributed by atoms with E-state index in [1.807, 2.05) is 11.8 Å². The van der Waals surface area contributed by atoms with E-state index in [0.717, 1.165) is 12.0 Å². The van der Waals surface area contributed by atoms with Gasteiger partial charge in [-0.15, -0.1) is 11.8 Å². The maximum Gasteiger partial charge on any atom is 0.0108 e. The number of hydrogen-bond donors (Lipinski definition) is 1. The topological polar surface area (TPSA) is 12.0 Å². The van der Waals surface area contributed by atoms with Crippen molar-refractivity contribution >= 4 is 11.8 Å². The van der Waals surface area contributed by atoms with Gasteiger partial charge in [0.15, 0.2) is 0 Å². The Morgan fingerprint density at radius 2 is 1.83 bits per heavy atom. The van der Waals surface area contributed by atoms with Crippen LogP contribution in [0.15, 0.2) is 29.2 Å². The number of thioether (sulfide) groups is 1. The zero-order valence-corrected chi connectivity index (χ0v) is 11.8. The van der Waals surface area contributed by atoms with E-state index in [1.165, 1.54) is 55.7 Å². The van der Waals surface area contributed by atoms with Gasteiger partial charge in [0.05, 0.1) is 0 Å². The summed E-state index contributed by atoms with van der Waals surface area (Å²) in [5, 5.41) is 3.83. The predicted molar refractivity (Wildman–Crippen MR) is 79.4 cm³/mol. The van der Waals surface area contributed by atoms with Crippen LogP contribution in [0.4, 0.5) is 0 Å². The molecule has 0 bridgehead atoms. The summed E-state index contributed by atoms with van der Waals surface area (Å²) >= 11 is 2.03. The smallest absolute Gasteiger partial charge is 0.0108 e. The molecule has 1 unspecified atom stereocenters. The maximum atomic E-state index is 3.83. The van der Waals surface area contributed by atoms with Gasteiger partial charge in [0.2, 0.25) is 0 Å². The summed E-state index contributed by atoms with van der Waals surface area (Å²) in [5.41, 5.74) is 1.57. The molecule has 1 heterocycles. The van der Waals surface area contributed by atoms with Crippen molar-refractivity contribution in [3.05, 3.63) is 29.8 Å². The van der Waals surface area contributed by atoms with Crippen LogP contribution in [0, 0.1) is 0 Å². The van der Waals surface area contributed by atoms with E-state index in [-0.39, 0.29) is 0 Å². The Hall–Kier alpha value is -0.470. The van der Waals surface area contributed by atoms with Crippen LogP contribution in [-0.4, -0.2) is 18.3 Å². The quantitative estimate of drug-likeness (QED) is 0.819. The fraction of sp³-hybridized carbons (Fsp3) is 0.625. The second-order valence-electron chi connectivity index (χ2n) is 5.64. The highest BCUT2D eigenvalue weighted by Gasteiger charge is 2.23. The van der Waals surface area contributed by atoms with Crippen molar-refractivity contribution in [2.75, 3.05) is 12.3 Å². The van der Waals surface area contributed by atoms with Crippen molar-refractivity contribution in [1.82, 2.24) is 5.32 Å². The van der Waals surface area contributed by atoms with Crippen molar-refractivity contribution in [1.29, 1.82) is 0 Å². The molecule has 0 amide bonds. The van der Waals surface area contributed by atoms with Crippen molar-refractivity contribution in [3.63, 3.8) is 0 Å². The van der Waals surface area contributed by atoms with Gasteiger partial charge in [-0.3, -0.25) is 0 Å². The van der Waals surface area contributed by atoms with Gasteiger partial charge in [0.1, 0.15) is 0 Å². The molecule has 1 aromatic carbocycles. The summed E-state index contributed by atoms with van der Waals surface area (Å²) in [6.45, 7) is 1.18. The van der Waals surface area contributed by atoms with Crippen LogP contribution in [0.5, 0.6) is 0 Å². The summed E-state index contributed by atoms with van der Waals surface area (Å²) in [5.74, 6) is 1.99.